The first-order chi connectivity index (χ1) is 37.8. The van der Waals surface area contributed by atoms with E-state index in [-0.39, 0.29) is 5.41 Å². The Bertz CT molecular complexity index is 4620. The lowest BCUT2D eigenvalue weighted by molar-refractivity contribution is 0.590. The lowest BCUT2D eigenvalue weighted by Gasteiger charge is -2.33. The number of rotatable bonds is 3. The van der Waals surface area contributed by atoms with Crippen molar-refractivity contribution >= 4 is 60.2 Å². The molecule has 0 unspecified atom stereocenters. The number of hydrogen-bond acceptors (Lipinski definition) is 1. The molecule has 0 aliphatic heterocycles. The molecule has 0 bridgehead atoms. The molecule has 0 N–H and O–H groups in total. The summed E-state index contributed by atoms with van der Waals surface area (Å²) in [6.07, 6.45) is 0. The number of benzene rings is 13. The number of fused-ring (bicyclic) bond motifs is 27. The van der Waals surface area contributed by atoms with Gasteiger partial charge in [-0.3, -0.25) is 0 Å². The highest BCUT2D eigenvalue weighted by atomic mass is 15.1. The summed E-state index contributed by atoms with van der Waals surface area (Å²) in [5.41, 5.74) is 25.2. The molecule has 0 saturated heterocycles. The smallest absolute Gasteiger partial charge is 0.0737 e. The van der Waals surface area contributed by atoms with Crippen molar-refractivity contribution in [2.75, 3.05) is 4.90 Å². The summed E-state index contributed by atoms with van der Waals surface area (Å²) in [5, 5.41) is 10.1. The van der Waals surface area contributed by atoms with E-state index in [4.69, 9.17) is 0 Å². The highest BCUT2D eigenvalue weighted by molar-refractivity contribution is 6.11. The average Bonchev–Trinajstić information content (AvgIpc) is 3.94. The Morgan fingerprint density at radius 3 is 1.21 bits per heavy atom. The van der Waals surface area contributed by atoms with Crippen molar-refractivity contribution in [2.45, 2.75) is 37.0 Å². The van der Waals surface area contributed by atoms with Crippen LogP contribution in [0.2, 0.25) is 0 Å². The van der Waals surface area contributed by atoms with Crippen molar-refractivity contribution in [1.82, 2.24) is 0 Å². The molecule has 13 aromatic rings. The van der Waals surface area contributed by atoms with Crippen molar-refractivity contribution in [3.8, 4) is 44.5 Å². The van der Waals surface area contributed by atoms with E-state index >= 15 is 0 Å². The Morgan fingerprint density at radius 2 is 0.662 bits per heavy atom. The minimum Gasteiger partial charge on any atom is -0.310 e. The van der Waals surface area contributed by atoms with E-state index in [1.807, 2.05) is 0 Å². The van der Waals surface area contributed by atoms with E-state index in [0.29, 0.717) is 0 Å². The van der Waals surface area contributed by atoms with Crippen LogP contribution in [-0.2, 0) is 16.2 Å². The summed E-state index contributed by atoms with van der Waals surface area (Å²) in [6.45, 7) is 6.90. The monoisotopic (exact) mass is 977 g/mol. The van der Waals surface area contributed by atoms with Crippen molar-refractivity contribution in [1.29, 1.82) is 0 Å². The molecule has 0 aromatic heterocycles. The topological polar surface area (TPSA) is 3.24 Å². The Balaban J connectivity index is 0.897. The van der Waals surface area contributed by atoms with Crippen LogP contribution in [0.25, 0.3) is 87.6 Å². The fourth-order valence-corrected chi connectivity index (χ4v) is 15.2. The fraction of sp³-hybridized carbons (Fsp3) is 0.0789. The van der Waals surface area contributed by atoms with Crippen LogP contribution in [0.4, 0.5) is 17.1 Å². The van der Waals surface area contributed by atoms with E-state index < -0.39 is 10.8 Å². The molecule has 2 spiro atoms. The van der Waals surface area contributed by atoms with Crippen LogP contribution in [0.15, 0.2) is 255 Å². The maximum Gasteiger partial charge on any atom is 0.0737 e. The summed E-state index contributed by atoms with van der Waals surface area (Å²) >= 11 is 0. The molecule has 0 fully saturated rings. The Kier molecular flexibility index (Phi) is 8.48. The molecule has 0 radical (unpaired) electrons. The molecule has 360 valence electrons. The number of nitrogens with zero attached hydrogens (tertiary/aromatic N) is 1. The first-order valence-corrected chi connectivity index (χ1v) is 27.3. The highest BCUT2D eigenvalue weighted by Crippen LogP contribution is 2.67. The molecule has 0 atom stereocenters. The summed E-state index contributed by atoms with van der Waals surface area (Å²) in [7, 11) is 0. The quantitative estimate of drug-likeness (QED) is 0.171. The molecular weight excluding hydrogens is 927 g/mol. The lowest BCUT2D eigenvalue weighted by atomic mass is 9.68. The number of anilines is 3. The predicted octanol–water partition coefficient (Wildman–Crippen LogP) is 19.8. The molecule has 4 aliphatic rings. The summed E-state index contributed by atoms with van der Waals surface area (Å²) in [6, 6.07) is 97.7. The second-order valence-electron chi connectivity index (χ2n) is 23.1. The summed E-state index contributed by atoms with van der Waals surface area (Å²) in [4.78, 5) is 2.49. The van der Waals surface area contributed by atoms with E-state index in [2.05, 4.69) is 280 Å². The van der Waals surface area contributed by atoms with Crippen molar-refractivity contribution < 1.29 is 0 Å². The second kappa shape index (κ2) is 15.2. The summed E-state index contributed by atoms with van der Waals surface area (Å²) in [5.74, 6) is 0. The van der Waals surface area contributed by atoms with Gasteiger partial charge in [-0.05, 0) is 192 Å². The van der Waals surface area contributed by atoms with Gasteiger partial charge in [-0.15, -0.1) is 0 Å². The van der Waals surface area contributed by atoms with Crippen LogP contribution in [0.1, 0.15) is 70.8 Å². The van der Waals surface area contributed by atoms with Gasteiger partial charge in [-0.2, -0.15) is 0 Å². The molecule has 1 nitrogen and oxygen atoms in total. The van der Waals surface area contributed by atoms with Crippen LogP contribution < -0.4 is 4.90 Å². The number of hydrogen-bond donors (Lipinski definition) is 0. The van der Waals surface area contributed by atoms with Gasteiger partial charge in [0.2, 0.25) is 0 Å². The molecule has 1 heteroatoms. The first-order valence-electron chi connectivity index (χ1n) is 27.3. The van der Waals surface area contributed by atoms with Gasteiger partial charge in [0.25, 0.3) is 0 Å². The fourth-order valence-electron chi connectivity index (χ4n) is 15.2. The van der Waals surface area contributed by atoms with Crippen LogP contribution in [0.3, 0.4) is 0 Å². The molecular formula is C76H51N. The molecule has 77 heavy (non-hydrogen) atoms. The van der Waals surface area contributed by atoms with E-state index in [9.17, 15) is 0 Å². The molecule has 0 saturated carbocycles. The lowest BCUT2D eigenvalue weighted by Crippen LogP contribution is -2.26. The second-order valence-corrected chi connectivity index (χ2v) is 23.1. The molecule has 17 rings (SSSR count). The molecule has 0 amide bonds. The molecule has 13 aromatic carbocycles. The molecule has 4 aliphatic carbocycles. The van der Waals surface area contributed by atoms with E-state index in [1.54, 1.807) is 0 Å². The zero-order valence-electron chi connectivity index (χ0n) is 43.2. The first kappa shape index (κ1) is 43.0. The SMILES string of the molecule is CC(C)(C)c1ccc(N(c2ccc3cc4c(cc3c2)C2(c3ccccc3-c3ccccc32)c2c-4ccc3ccccc23)c2ccc3c4c(ccc3c2)-c2ccc3ccccc3c2C42c3ccccc3-c3ccccc32)cc1. The van der Waals surface area contributed by atoms with Gasteiger partial charge in [0.15, 0.2) is 0 Å². The van der Waals surface area contributed by atoms with Gasteiger partial charge in [-0.25, -0.2) is 0 Å². The maximum absolute atomic E-state index is 2.55. The van der Waals surface area contributed by atoms with Crippen LogP contribution in [-0.4, -0.2) is 0 Å². The van der Waals surface area contributed by atoms with Crippen molar-refractivity contribution in [3.63, 3.8) is 0 Å². The standard InChI is InChI=1S/C76H51N/c1-74(2,3)51-32-35-52(36-33-51)77(53-34-28-48-44-65-64-39-30-46-16-4-6-18-55(46)71(64)75(70(65)45-50(48)43-53)66-24-12-8-20-58(66)59-21-9-13-25-67(59)75)54-37-41-57-49(42-54)31-40-63-62-38-29-47-17-5-7-19-56(47)72(62)76(73(57)63)68-26-14-10-22-60(68)61-23-11-15-27-69(61)76/h4-45H,1-3H3. The van der Waals surface area contributed by atoms with Crippen molar-refractivity contribution in [3.05, 3.63) is 305 Å². The van der Waals surface area contributed by atoms with Crippen LogP contribution in [0.5, 0.6) is 0 Å². The zero-order chi connectivity index (χ0) is 50.9. The summed E-state index contributed by atoms with van der Waals surface area (Å²) < 4.78 is 0. The minimum absolute atomic E-state index is 0.0166. The van der Waals surface area contributed by atoms with Gasteiger partial charge in [0.05, 0.1) is 10.8 Å². The van der Waals surface area contributed by atoms with Gasteiger partial charge >= 0.3 is 0 Å². The third-order valence-electron chi connectivity index (χ3n) is 18.3. The maximum atomic E-state index is 2.55. The van der Waals surface area contributed by atoms with E-state index in [1.165, 1.54) is 138 Å². The van der Waals surface area contributed by atoms with E-state index in [0.717, 1.165) is 17.1 Å². The Morgan fingerprint density at radius 1 is 0.260 bits per heavy atom. The zero-order valence-corrected chi connectivity index (χ0v) is 43.2. The van der Waals surface area contributed by atoms with Gasteiger partial charge in [-0.1, -0.05) is 227 Å². The van der Waals surface area contributed by atoms with Crippen LogP contribution >= 0.6 is 0 Å². The van der Waals surface area contributed by atoms with Gasteiger partial charge in [0, 0.05) is 17.1 Å². The predicted molar refractivity (Wildman–Crippen MR) is 322 cm³/mol. The van der Waals surface area contributed by atoms with Crippen LogP contribution in [0, 0.1) is 0 Å². The average molecular weight is 978 g/mol. The van der Waals surface area contributed by atoms with Crippen molar-refractivity contribution in [2.24, 2.45) is 0 Å². The normalized spacial score (nSPS) is 14.4. The Hall–Kier alpha value is -9.30. The molecule has 0 heterocycles. The highest BCUT2D eigenvalue weighted by Gasteiger charge is 2.54. The third kappa shape index (κ3) is 5.48. The van der Waals surface area contributed by atoms with Gasteiger partial charge < -0.3 is 4.90 Å². The minimum atomic E-state index is -0.496. The third-order valence-corrected chi connectivity index (χ3v) is 18.3. The Labute approximate surface area is 449 Å². The largest absolute Gasteiger partial charge is 0.310 e. The van der Waals surface area contributed by atoms with Gasteiger partial charge in [0.1, 0.15) is 0 Å².